The van der Waals surface area contributed by atoms with Gasteiger partial charge in [0.05, 0.1) is 11.4 Å². The van der Waals surface area contributed by atoms with Crippen molar-refractivity contribution in [3.63, 3.8) is 0 Å². The minimum absolute atomic E-state index is 0.250. The van der Waals surface area contributed by atoms with E-state index in [1.165, 1.54) is 0 Å². The monoisotopic (exact) mass is 292 g/mol. The van der Waals surface area contributed by atoms with Gasteiger partial charge in [-0.3, -0.25) is 9.97 Å². The number of hydrogen-bond acceptors (Lipinski definition) is 4. The molecule has 0 aliphatic heterocycles. The molecule has 0 saturated carbocycles. The third-order valence-electron chi connectivity index (χ3n) is 3.54. The average molecular weight is 292 g/mol. The summed E-state index contributed by atoms with van der Waals surface area (Å²) in [5.74, 6) is 0.689. The van der Waals surface area contributed by atoms with Crippen LogP contribution in [0.15, 0.2) is 67.8 Å². The SMILES string of the molecule is C=Cn1ccnc1CC(O)(c1ccccn1)c1ccccn1. The number of nitrogens with zero attached hydrogens (tertiary/aromatic N) is 4. The summed E-state index contributed by atoms with van der Waals surface area (Å²) in [5.41, 5.74) is -0.283. The Bertz CT molecular complexity index is 713. The Kier molecular flexibility index (Phi) is 3.80. The van der Waals surface area contributed by atoms with E-state index < -0.39 is 5.60 Å². The van der Waals surface area contributed by atoms with Gasteiger partial charge < -0.3 is 9.67 Å². The molecule has 0 unspecified atom stereocenters. The van der Waals surface area contributed by atoms with Crippen molar-refractivity contribution in [1.82, 2.24) is 19.5 Å². The Morgan fingerprint density at radius 2 is 1.64 bits per heavy atom. The summed E-state index contributed by atoms with van der Waals surface area (Å²) in [7, 11) is 0. The molecule has 1 N–H and O–H groups in total. The van der Waals surface area contributed by atoms with Crippen LogP contribution in [0.25, 0.3) is 6.20 Å². The van der Waals surface area contributed by atoms with Crippen LogP contribution in [0.1, 0.15) is 17.2 Å². The van der Waals surface area contributed by atoms with Crippen molar-refractivity contribution >= 4 is 6.20 Å². The summed E-state index contributed by atoms with van der Waals surface area (Å²) >= 11 is 0. The van der Waals surface area contributed by atoms with Gasteiger partial charge in [0.25, 0.3) is 0 Å². The van der Waals surface area contributed by atoms with E-state index in [2.05, 4.69) is 21.5 Å². The topological polar surface area (TPSA) is 63.8 Å². The molecule has 110 valence electrons. The van der Waals surface area contributed by atoms with Gasteiger partial charge in [-0.05, 0) is 24.3 Å². The molecule has 0 bridgehead atoms. The van der Waals surface area contributed by atoms with Gasteiger partial charge in [0.2, 0.25) is 0 Å². The fraction of sp³-hybridized carbons (Fsp3) is 0.118. The minimum Gasteiger partial charge on any atom is -0.377 e. The lowest BCUT2D eigenvalue weighted by atomic mass is 9.90. The highest BCUT2D eigenvalue weighted by Gasteiger charge is 2.36. The lowest BCUT2D eigenvalue weighted by Crippen LogP contribution is -2.33. The quantitative estimate of drug-likeness (QED) is 0.783. The number of aromatic nitrogens is 4. The molecule has 5 heteroatoms. The zero-order valence-electron chi connectivity index (χ0n) is 12.0. The first kappa shape index (κ1) is 14.2. The fourth-order valence-electron chi connectivity index (χ4n) is 2.40. The Morgan fingerprint density at radius 3 is 2.14 bits per heavy atom. The zero-order chi connectivity index (χ0) is 15.4. The second-order valence-corrected chi connectivity index (χ2v) is 4.90. The van der Waals surface area contributed by atoms with Gasteiger partial charge in [0.15, 0.2) is 5.60 Å². The van der Waals surface area contributed by atoms with E-state index in [0.717, 1.165) is 0 Å². The number of rotatable bonds is 5. The molecule has 0 atom stereocenters. The Labute approximate surface area is 128 Å². The highest BCUT2D eigenvalue weighted by Crippen LogP contribution is 2.30. The lowest BCUT2D eigenvalue weighted by molar-refractivity contribution is 0.0694. The van der Waals surface area contributed by atoms with Gasteiger partial charge in [-0.15, -0.1) is 0 Å². The third-order valence-corrected chi connectivity index (χ3v) is 3.54. The molecule has 22 heavy (non-hydrogen) atoms. The highest BCUT2D eigenvalue weighted by molar-refractivity contribution is 5.30. The van der Waals surface area contributed by atoms with Crippen molar-refractivity contribution in [2.24, 2.45) is 0 Å². The van der Waals surface area contributed by atoms with E-state index >= 15 is 0 Å². The third kappa shape index (κ3) is 2.54. The molecule has 0 radical (unpaired) electrons. The van der Waals surface area contributed by atoms with Gasteiger partial charge in [0.1, 0.15) is 5.82 Å². The van der Waals surface area contributed by atoms with Crippen LogP contribution in [0.3, 0.4) is 0 Å². The van der Waals surface area contributed by atoms with Gasteiger partial charge in [-0.2, -0.15) is 0 Å². The Morgan fingerprint density at radius 1 is 1.00 bits per heavy atom. The molecule has 0 saturated heterocycles. The lowest BCUT2D eigenvalue weighted by Gasteiger charge is -2.26. The average Bonchev–Trinajstić information content (AvgIpc) is 3.03. The van der Waals surface area contributed by atoms with E-state index in [-0.39, 0.29) is 6.42 Å². The summed E-state index contributed by atoms with van der Waals surface area (Å²) in [6.45, 7) is 3.75. The molecule has 5 nitrogen and oxygen atoms in total. The molecular weight excluding hydrogens is 276 g/mol. The van der Waals surface area contributed by atoms with E-state index in [4.69, 9.17) is 0 Å². The summed E-state index contributed by atoms with van der Waals surface area (Å²) in [5, 5.41) is 11.3. The van der Waals surface area contributed by atoms with E-state index in [0.29, 0.717) is 17.2 Å². The molecule has 0 aromatic carbocycles. The molecule has 0 amide bonds. The van der Waals surface area contributed by atoms with Crippen LogP contribution >= 0.6 is 0 Å². The van der Waals surface area contributed by atoms with E-state index in [1.54, 1.807) is 47.7 Å². The summed E-state index contributed by atoms with van der Waals surface area (Å²) < 4.78 is 1.77. The van der Waals surface area contributed by atoms with Crippen LogP contribution in [-0.4, -0.2) is 24.6 Å². The molecule has 0 aliphatic carbocycles. The van der Waals surface area contributed by atoms with Crippen molar-refractivity contribution in [3.8, 4) is 0 Å². The van der Waals surface area contributed by atoms with Crippen molar-refractivity contribution in [3.05, 3.63) is 85.0 Å². The predicted molar refractivity (Wildman–Crippen MR) is 83.8 cm³/mol. The number of hydrogen-bond donors (Lipinski definition) is 1. The van der Waals surface area contributed by atoms with Crippen LogP contribution in [-0.2, 0) is 12.0 Å². The molecule has 0 fully saturated rings. The van der Waals surface area contributed by atoms with Gasteiger partial charge in [-0.1, -0.05) is 18.7 Å². The number of imidazole rings is 1. The largest absolute Gasteiger partial charge is 0.377 e. The summed E-state index contributed by atoms with van der Waals surface area (Å²) in [4.78, 5) is 12.9. The van der Waals surface area contributed by atoms with Crippen molar-refractivity contribution in [2.45, 2.75) is 12.0 Å². The second-order valence-electron chi connectivity index (χ2n) is 4.90. The minimum atomic E-state index is -1.35. The number of aliphatic hydroxyl groups is 1. The second kappa shape index (κ2) is 5.91. The van der Waals surface area contributed by atoms with Crippen LogP contribution in [0.2, 0.25) is 0 Å². The first-order valence-corrected chi connectivity index (χ1v) is 6.94. The standard InChI is InChI=1S/C17H16N4O/c1-2-21-12-11-20-16(21)13-17(22,14-7-3-5-9-18-14)15-8-4-6-10-19-15/h2-12,22H,1,13H2. The predicted octanol–water partition coefficient (Wildman–Crippen LogP) is 2.25. The van der Waals surface area contributed by atoms with E-state index in [1.807, 2.05) is 24.3 Å². The molecule has 3 aromatic rings. The van der Waals surface area contributed by atoms with Crippen molar-refractivity contribution in [2.75, 3.05) is 0 Å². The fourth-order valence-corrected chi connectivity index (χ4v) is 2.40. The van der Waals surface area contributed by atoms with Crippen LogP contribution in [0.5, 0.6) is 0 Å². The molecular formula is C17H16N4O. The molecule has 0 spiro atoms. The number of pyridine rings is 2. The van der Waals surface area contributed by atoms with Gasteiger partial charge in [-0.25, -0.2) is 4.98 Å². The molecule has 3 rings (SSSR count). The normalized spacial score (nSPS) is 11.3. The van der Waals surface area contributed by atoms with E-state index in [9.17, 15) is 5.11 Å². The summed E-state index contributed by atoms with van der Waals surface area (Å²) in [6, 6.07) is 10.9. The van der Waals surface area contributed by atoms with Crippen LogP contribution < -0.4 is 0 Å². The van der Waals surface area contributed by atoms with Crippen molar-refractivity contribution in [1.29, 1.82) is 0 Å². The van der Waals surface area contributed by atoms with Crippen molar-refractivity contribution < 1.29 is 5.11 Å². The first-order chi connectivity index (χ1) is 10.7. The van der Waals surface area contributed by atoms with Crippen LogP contribution in [0.4, 0.5) is 0 Å². The smallest absolute Gasteiger partial charge is 0.155 e. The highest BCUT2D eigenvalue weighted by atomic mass is 16.3. The van der Waals surface area contributed by atoms with Gasteiger partial charge >= 0.3 is 0 Å². The maximum absolute atomic E-state index is 11.3. The maximum atomic E-state index is 11.3. The Hall–Kier alpha value is -2.79. The van der Waals surface area contributed by atoms with Crippen LogP contribution in [0, 0.1) is 0 Å². The molecule has 3 heterocycles. The molecule has 0 aliphatic rings. The zero-order valence-corrected chi connectivity index (χ0v) is 12.0. The van der Waals surface area contributed by atoms with Gasteiger partial charge in [0, 0.05) is 37.4 Å². The summed E-state index contributed by atoms with van der Waals surface area (Å²) in [6.07, 6.45) is 8.68. The maximum Gasteiger partial charge on any atom is 0.155 e. The molecule has 3 aromatic heterocycles. The first-order valence-electron chi connectivity index (χ1n) is 6.94. The Balaban J connectivity index is 2.10.